The minimum Gasteiger partial charge on any atom is -0.376 e. The number of benzene rings is 2. The molecule has 2 aliphatic rings. The van der Waals surface area contributed by atoms with Crippen LogP contribution < -0.4 is 5.73 Å². The number of hydrogen-bond donors (Lipinski definition) is 1. The van der Waals surface area contributed by atoms with Crippen LogP contribution in [0, 0.1) is 24.1 Å². The standard InChI is InChI=1S/C31H40FN3O4/c1-21-8-5-6-9-23(21)18-39-19-24(16-27(36)30(2,3)33)28(37)35-15-7-14-31(20-35)26(17-34(4)29(31)38)22-10-12-25(32)13-11-22/h5-6,8-13,24,26H,7,14-20,33H2,1-4H3/t24-,26?,31?/m1/s1. The number of amides is 2. The molecule has 0 aromatic heterocycles. The van der Waals surface area contributed by atoms with Crippen LogP contribution in [-0.2, 0) is 25.7 Å². The molecule has 2 fully saturated rings. The Kier molecular flexibility index (Phi) is 8.57. The second kappa shape index (κ2) is 11.6. The number of likely N-dealkylation sites (tertiary alicyclic amines) is 2. The maximum atomic E-state index is 14.0. The van der Waals surface area contributed by atoms with E-state index < -0.39 is 16.9 Å². The Bertz CT molecular complexity index is 1210. The number of carbonyl (C=O) groups is 3. The maximum absolute atomic E-state index is 14.0. The number of rotatable bonds is 9. The predicted molar refractivity (Wildman–Crippen MR) is 147 cm³/mol. The minimum absolute atomic E-state index is 0.000783. The van der Waals surface area contributed by atoms with Gasteiger partial charge in [0.2, 0.25) is 11.8 Å². The summed E-state index contributed by atoms with van der Waals surface area (Å²) in [6.07, 6.45) is 1.27. The zero-order valence-electron chi connectivity index (χ0n) is 23.4. The Morgan fingerprint density at radius 3 is 2.54 bits per heavy atom. The number of nitrogens with two attached hydrogens (primary N) is 1. The quantitative estimate of drug-likeness (QED) is 0.525. The molecule has 2 aromatic rings. The average molecular weight is 538 g/mol. The molecular formula is C31H40FN3O4. The van der Waals surface area contributed by atoms with Crippen molar-refractivity contribution in [1.82, 2.24) is 9.80 Å². The molecule has 0 bridgehead atoms. The van der Waals surface area contributed by atoms with Gasteiger partial charge in [-0.1, -0.05) is 36.4 Å². The van der Waals surface area contributed by atoms with Crippen LogP contribution in [0.1, 0.15) is 55.7 Å². The van der Waals surface area contributed by atoms with E-state index in [1.165, 1.54) is 12.1 Å². The fourth-order valence-electron chi connectivity index (χ4n) is 5.96. The molecule has 8 heteroatoms. The van der Waals surface area contributed by atoms with Crippen LogP contribution in [0.3, 0.4) is 0 Å². The number of ketones is 1. The van der Waals surface area contributed by atoms with Gasteiger partial charge in [-0.2, -0.15) is 0 Å². The number of carbonyl (C=O) groups excluding carboxylic acids is 3. The first-order valence-electron chi connectivity index (χ1n) is 13.7. The van der Waals surface area contributed by atoms with Crippen molar-refractivity contribution in [3.05, 3.63) is 71.0 Å². The molecular weight excluding hydrogens is 497 g/mol. The lowest BCUT2D eigenvalue weighted by molar-refractivity contribution is -0.148. The van der Waals surface area contributed by atoms with Crippen LogP contribution in [0.5, 0.6) is 0 Å². The molecule has 2 aromatic carbocycles. The van der Waals surface area contributed by atoms with Crippen molar-refractivity contribution in [2.75, 3.05) is 33.3 Å². The molecule has 2 saturated heterocycles. The van der Waals surface area contributed by atoms with Crippen molar-refractivity contribution in [3.8, 4) is 0 Å². The Balaban J connectivity index is 1.55. The third kappa shape index (κ3) is 6.23. The lowest BCUT2D eigenvalue weighted by atomic mass is 9.69. The Labute approximate surface area is 230 Å². The SMILES string of the molecule is Cc1ccccc1COC[C@@H](CC(=O)C(C)(C)N)C(=O)N1CCCC2(C1)C(=O)N(C)CC2c1ccc(F)cc1. The van der Waals surface area contributed by atoms with Gasteiger partial charge in [0, 0.05) is 39.0 Å². The molecule has 4 rings (SSSR count). The summed E-state index contributed by atoms with van der Waals surface area (Å²) in [6.45, 7) is 6.96. The Morgan fingerprint density at radius 1 is 1.18 bits per heavy atom. The van der Waals surface area contributed by atoms with E-state index in [4.69, 9.17) is 10.5 Å². The normalized spacial score (nSPS) is 22.4. The summed E-state index contributed by atoms with van der Waals surface area (Å²) in [6, 6.07) is 14.2. The Morgan fingerprint density at radius 2 is 1.87 bits per heavy atom. The van der Waals surface area contributed by atoms with Gasteiger partial charge in [0.05, 0.1) is 30.1 Å². The monoisotopic (exact) mass is 537 g/mol. The largest absolute Gasteiger partial charge is 0.376 e. The number of ether oxygens (including phenoxy) is 1. The molecule has 0 radical (unpaired) electrons. The highest BCUT2D eigenvalue weighted by molar-refractivity contribution is 5.92. The van der Waals surface area contributed by atoms with Crippen molar-refractivity contribution in [2.24, 2.45) is 17.1 Å². The van der Waals surface area contributed by atoms with Crippen LogP contribution in [-0.4, -0.2) is 66.2 Å². The highest BCUT2D eigenvalue weighted by Gasteiger charge is 2.55. The second-order valence-corrected chi connectivity index (χ2v) is 11.8. The summed E-state index contributed by atoms with van der Waals surface area (Å²) in [5, 5.41) is 0. The van der Waals surface area contributed by atoms with Crippen LogP contribution in [0.15, 0.2) is 48.5 Å². The van der Waals surface area contributed by atoms with Crippen LogP contribution >= 0.6 is 0 Å². The van der Waals surface area contributed by atoms with Crippen molar-refractivity contribution >= 4 is 17.6 Å². The second-order valence-electron chi connectivity index (χ2n) is 11.8. The number of nitrogens with zero attached hydrogens (tertiary/aromatic N) is 2. The van der Waals surface area contributed by atoms with E-state index >= 15 is 0 Å². The van der Waals surface area contributed by atoms with E-state index in [0.29, 0.717) is 32.5 Å². The molecule has 3 atom stereocenters. The highest BCUT2D eigenvalue weighted by Crippen LogP contribution is 2.49. The minimum atomic E-state index is -1.07. The van der Waals surface area contributed by atoms with Crippen LogP contribution in [0.2, 0.25) is 0 Å². The van der Waals surface area contributed by atoms with Gasteiger partial charge in [-0.25, -0.2) is 4.39 Å². The first kappa shape index (κ1) is 28.9. The van der Waals surface area contributed by atoms with E-state index in [9.17, 15) is 18.8 Å². The molecule has 2 amide bonds. The molecule has 7 nitrogen and oxygen atoms in total. The van der Waals surface area contributed by atoms with Gasteiger partial charge in [0.25, 0.3) is 0 Å². The fraction of sp³-hybridized carbons (Fsp3) is 0.516. The number of aryl methyl sites for hydroxylation is 1. The molecule has 210 valence electrons. The van der Waals surface area contributed by atoms with Crippen molar-refractivity contribution < 1.29 is 23.5 Å². The number of halogens is 1. The third-order valence-corrected chi connectivity index (χ3v) is 8.34. The number of hydrogen-bond acceptors (Lipinski definition) is 5. The van der Waals surface area contributed by atoms with Gasteiger partial charge in [-0.15, -0.1) is 0 Å². The number of piperidine rings is 1. The van der Waals surface area contributed by atoms with Gasteiger partial charge in [0.1, 0.15) is 5.82 Å². The molecule has 2 unspecified atom stereocenters. The summed E-state index contributed by atoms with van der Waals surface area (Å²) < 4.78 is 19.7. The predicted octanol–water partition coefficient (Wildman–Crippen LogP) is 3.83. The van der Waals surface area contributed by atoms with Crippen LogP contribution in [0.4, 0.5) is 4.39 Å². The summed E-state index contributed by atoms with van der Waals surface area (Å²) in [7, 11) is 1.78. The van der Waals surface area contributed by atoms with Crippen molar-refractivity contribution in [3.63, 3.8) is 0 Å². The summed E-state index contributed by atoms with van der Waals surface area (Å²) >= 11 is 0. The highest BCUT2D eigenvalue weighted by atomic mass is 19.1. The maximum Gasteiger partial charge on any atom is 0.231 e. The van der Waals surface area contributed by atoms with Crippen molar-refractivity contribution in [2.45, 2.75) is 58.1 Å². The van der Waals surface area contributed by atoms with E-state index in [1.807, 2.05) is 31.2 Å². The van der Waals surface area contributed by atoms with Crippen LogP contribution in [0.25, 0.3) is 0 Å². The van der Waals surface area contributed by atoms with Gasteiger partial charge < -0.3 is 20.3 Å². The topological polar surface area (TPSA) is 92.9 Å². The van der Waals surface area contributed by atoms with E-state index in [-0.39, 0.29) is 48.9 Å². The lowest BCUT2D eigenvalue weighted by Gasteiger charge is -2.43. The molecule has 2 aliphatic heterocycles. The number of Topliss-reactive ketones (excluding diaryl/α,β-unsaturated/α-hetero) is 1. The van der Waals surface area contributed by atoms with Crippen molar-refractivity contribution in [1.29, 1.82) is 0 Å². The summed E-state index contributed by atoms with van der Waals surface area (Å²) in [4.78, 5) is 43.9. The molecule has 1 spiro atoms. The van der Waals surface area contributed by atoms with E-state index in [1.54, 1.807) is 42.8 Å². The number of likely N-dealkylation sites (N-methyl/N-ethyl adjacent to an activating group) is 1. The van der Waals surface area contributed by atoms with Gasteiger partial charge in [0.15, 0.2) is 5.78 Å². The zero-order chi connectivity index (χ0) is 28.4. The van der Waals surface area contributed by atoms with Gasteiger partial charge in [-0.05, 0) is 62.4 Å². The van der Waals surface area contributed by atoms with Gasteiger partial charge in [-0.3, -0.25) is 14.4 Å². The Hall–Kier alpha value is -3.10. The molecule has 39 heavy (non-hydrogen) atoms. The van der Waals surface area contributed by atoms with E-state index in [2.05, 4.69) is 0 Å². The molecule has 2 heterocycles. The first-order valence-corrected chi connectivity index (χ1v) is 13.7. The van der Waals surface area contributed by atoms with E-state index in [0.717, 1.165) is 16.7 Å². The molecule has 2 N–H and O–H groups in total. The molecule has 0 aliphatic carbocycles. The van der Waals surface area contributed by atoms with Gasteiger partial charge >= 0.3 is 0 Å². The third-order valence-electron chi connectivity index (χ3n) is 8.34. The fourth-order valence-corrected chi connectivity index (χ4v) is 5.96. The lowest BCUT2D eigenvalue weighted by Crippen LogP contribution is -2.53. The smallest absolute Gasteiger partial charge is 0.231 e. The first-order chi connectivity index (χ1) is 18.4. The summed E-state index contributed by atoms with van der Waals surface area (Å²) in [5.74, 6) is -1.61. The molecule has 0 saturated carbocycles. The average Bonchev–Trinajstić information content (AvgIpc) is 3.13. The summed E-state index contributed by atoms with van der Waals surface area (Å²) in [5.41, 5.74) is 7.22. The zero-order valence-corrected chi connectivity index (χ0v) is 23.4.